The van der Waals surface area contributed by atoms with E-state index in [1.807, 2.05) is 30.3 Å². The first-order chi connectivity index (χ1) is 12.1. The molecule has 1 amide bonds. The Morgan fingerprint density at radius 2 is 1.60 bits per heavy atom. The molecule has 2 rings (SSSR count). The van der Waals surface area contributed by atoms with Crippen molar-refractivity contribution in [1.29, 1.82) is 0 Å². The van der Waals surface area contributed by atoms with E-state index in [0.717, 1.165) is 11.3 Å². The van der Waals surface area contributed by atoms with E-state index in [0.29, 0.717) is 30.6 Å². The second-order valence-corrected chi connectivity index (χ2v) is 5.83. The zero-order valence-electron chi connectivity index (χ0n) is 15.0. The van der Waals surface area contributed by atoms with Gasteiger partial charge in [-0.3, -0.25) is 4.79 Å². The van der Waals surface area contributed by atoms with Crippen LogP contribution < -0.4 is 19.5 Å². The molecule has 0 radical (unpaired) electrons. The van der Waals surface area contributed by atoms with Crippen molar-refractivity contribution >= 4 is 5.91 Å². The average molecular weight is 343 g/mol. The Kier molecular flexibility index (Phi) is 7.14. The standard InChI is InChI=1S/C20H25NO4/c1-15(2)16-8-4-5-9-17(16)24-13-12-21-20(22)14-25-19-11-7-6-10-18(19)23-3/h4-11,15H,12-14H2,1-3H3,(H,21,22). The zero-order chi connectivity index (χ0) is 18.1. The van der Waals surface area contributed by atoms with Crippen molar-refractivity contribution in [2.75, 3.05) is 26.9 Å². The number of rotatable bonds is 9. The molecule has 5 heteroatoms. The number of hydrogen-bond acceptors (Lipinski definition) is 4. The van der Waals surface area contributed by atoms with E-state index < -0.39 is 0 Å². The van der Waals surface area contributed by atoms with E-state index in [-0.39, 0.29) is 12.5 Å². The van der Waals surface area contributed by atoms with Crippen LogP contribution in [0.2, 0.25) is 0 Å². The fourth-order valence-corrected chi connectivity index (χ4v) is 2.37. The topological polar surface area (TPSA) is 56.8 Å². The quantitative estimate of drug-likeness (QED) is 0.709. The minimum Gasteiger partial charge on any atom is -0.493 e. The van der Waals surface area contributed by atoms with Crippen molar-refractivity contribution in [3.63, 3.8) is 0 Å². The van der Waals surface area contributed by atoms with Crippen LogP contribution in [-0.2, 0) is 4.79 Å². The number of amides is 1. The number of carbonyl (C=O) groups is 1. The first-order valence-corrected chi connectivity index (χ1v) is 8.36. The van der Waals surface area contributed by atoms with Gasteiger partial charge in [0.1, 0.15) is 12.4 Å². The Balaban J connectivity index is 1.72. The van der Waals surface area contributed by atoms with Crippen LogP contribution in [0.1, 0.15) is 25.3 Å². The van der Waals surface area contributed by atoms with Crippen LogP contribution in [0.25, 0.3) is 0 Å². The highest BCUT2D eigenvalue weighted by Gasteiger charge is 2.08. The van der Waals surface area contributed by atoms with Gasteiger partial charge in [0.15, 0.2) is 18.1 Å². The summed E-state index contributed by atoms with van der Waals surface area (Å²) in [4.78, 5) is 11.9. The van der Waals surface area contributed by atoms with Crippen LogP contribution in [0, 0.1) is 0 Å². The maximum Gasteiger partial charge on any atom is 0.258 e. The molecule has 0 aromatic heterocycles. The molecule has 0 saturated heterocycles. The summed E-state index contributed by atoms with van der Waals surface area (Å²) in [5.41, 5.74) is 1.16. The molecule has 0 aliphatic carbocycles. The maximum absolute atomic E-state index is 11.9. The summed E-state index contributed by atoms with van der Waals surface area (Å²) in [7, 11) is 1.56. The summed E-state index contributed by atoms with van der Waals surface area (Å²) < 4.78 is 16.4. The van der Waals surface area contributed by atoms with Crippen LogP contribution in [0.15, 0.2) is 48.5 Å². The van der Waals surface area contributed by atoms with Crippen LogP contribution in [0.3, 0.4) is 0 Å². The Labute approximate surface area is 148 Å². The van der Waals surface area contributed by atoms with Crippen molar-refractivity contribution in [3.05, 3.63) is 54.1 Å². The van der Waals surface area contributed by atoms with Gasteiger partial charge in [0.2, 0.25) is 0 Å². The van der Waals surface area contributed by atoms with Gasteiger partial charge in [-0.25, -0.2) is 0 Å². The van der Waals surface area contributed by atoms with Crippen LogP contribution in [-0.4, -0.2) is 32.8 Å². The highest BCUT2D eigenvalue weighted by Crippen LogP contribution is 2.26. The molecule has 25 heavy (non-hydrogen) atoms. The second kappa shape index (κ2) is 9.57. The number of nitrogens with one attached hydrogen (secondary N) is 1. The molecular weight excluding hydrogens is 318 g/mol. The summed E-state index contributed by atoms with van der Waals surface area (Å²) in [6, 6.07) is 15.2. The first kappa shape index (κ1) is 18.6. The molecule has 2 aromatic carbocycles. The lowest BCUT2D eigenvalue weighted by atomic mass is 10.0. The van der Waals surface area contributed by atoms with Gasteiger partial charge in [0, 0.05) is 0 Å². The smallest absolute Gasteiger partial charge is 0.258 e. The first-order valence-electron chi connectivity index (χ1n) is 8.36. The Morgan fingerprint density at radius 1 is 0.960 bits per heavy atom. The summed E-state index contributed by atoms with van der Waals surface area (Å²) in [5.74, 6) is 2.19. The largest absolute Gasteiger partial charge is 0.493 e. The Hall–Kier alpha value is -2.69. The molecule has 2 aromatic rings. The molecular formula is C20H25NO4. The van der Waals surface area contributed by atoms with Gasteiger partial charge in [-0.1, -0.05) is 44.2 Å². The van der Waals surface area contributed by atoms with E-state index in [1.54, 1.807) is 19.2 Å². The van der Waals surface area contributed by atoms with Crippen molar-refractivity contribution in [1.82, 2.24) is 5.32 Å². The van der Waals surface area contributed by atoms with Gasteiger partial charge in [-0.2, -0.15) is 0 Å². The summed E-state index contributed by atoms with van der Waals surface area (Å²) >= 11 is 0. The predicted molar refractivity (Wildman–Crippen MR) is 97.5 cm³/mol. The lowest BCUT2D eigenvalue weighted by molar-refractivity contribution is -0.123. The summed E-state index contributed by atoms with van der Waals surface area (Å²) in [5, 5.41) is 2.78. The fourth-order valence-electron chi connectivity index (χ4n) is 2.37. The summed E-state index contributed by atoms with van der Waals surface area (Å²) in [6.45, 7) is 5.01. The third-order valence-electron chi connectivity index (χ3n) is 3.65. The van der Waals surface area contributed by atoms with E-state index in [1.165, 1.54) is 0 Å². The zero-order valence-corrected chi connectivity index (χ0v) is 15.0. The minimum atomic E-state index is -0.202. The molecule has 0 spiro atoms. The van der Waals surface area contributed by atoms with E-state index in [4.69, 9.17) is 14.2 Å². The molecule has 1 N–H and O–H groups in total. The molecule has 0 bridgehead atoms. The van der Waals surface area contributed by atoms with E-state index in [9.17, 15) is 4.79 Å². The molecule has 0 saturated carbocycles. The molecule has 0 unspecified atom stereocenters. The predicted octanol–water partition coefficient (Wildman–Crippen LogP) is 3.39. The van der Waals surface area contributed by atoms with E-state index >= 15 is 0 Å². The SMILES string of the molecule is COc1ccccc1OCC(=O)NCCOc1ccccc1C(C)C. The molecule has 0 aliphatic heterocycles. The van der Waals surface area contributed by atoms with Gasteiger partial charge in [0.05, 0.1) is 13.7 Å². The number of hydrogen-bond donors (Lipinski definition) is 1. The number of benzene rings is 2. The molecule has 134 valence electrons. The highest BCUT2D eigenvalue weighted by molar-refractivity contribution is 5.77. The van der Waals surface area contributed by atoms with Crippen LogP contribution >= 0.6 is 0 Å². The number of para-hydroxylation sites is 3. The fraction of sp³-hybridized carbons (Fsp3) is 0.350. The molecule has 0 atom stereocenters. The number of methoxy groups -OCH3 is 1. The molecule has 0 fully saturated rings. The Bertz CT molecular complexity index is 685. The van der Waals surface area contributed by atoms with Crippen molar-refractivity contribution in [3.8, 4) is 17.2 Å². The summed E-state index contributed by atoms with van der Waals surface area (Å²) in [6.07, 6.45) is 0. The number of ether oxygens (including phenoxy) is 3. The lowest BCUT2D eigenvalue weighted by Crippen LogP contribution is -2.32. The average Bonchev–Trinajstić information content (AvgIpc) is 2.64. The van der Waals surface area contributed by atoms with Gasteiger partial charge in [-0.15, -0.1) is 0 Å². The van der Waals surface area contributed by atoms with Gasteiger partial charge in [0.25, 0.3) is 5.91 Å². The van der Waals surface area contributed by atoms with Crippen molar-refractivity contribution in [2.45, 2.75) is 19.8 Å². The van der Waals surface area contributed by atoms with E-state index in [2.05, 4.69) is 25.2 Å². The van der Waals surface area contributed by atoms with Crippen LogP contribution in [0.5, 0.6) is 17.2 Å². The highest BCUT2D eigenvalue weighted by atomic mass is 16.5. The second-order valence-electron chi connectivity index (χ2n) is 5.83. The third kappa shape index (κ3) is 5.71. The minimum absolute atomic E-state index is 0.0665. The molecule has 0 heterocycles. The van der Waals surface area contributed by atoms with Gasteiger partial charge >= 0.3 is 0 Å². The maximum atomic E-state index is 11.9. The third-order valence-corrected chi connectivity index (χ3v) is 3.65. The van der Waals surface area contributed by atoms with Gasteiger partial charge in [-0.05, 0) is 29.7 Å². The van der Waals surface area contributed by atoms with Crippen LogP contribution in [0.4, 0.5) is 0 Å². The van der Waals surface area contributed by atoms with Gasteiger partial charge < -0.3 is 19.5 Å². The monoisotopic (exact) mass is 343 g/mol. The Morgan fingerprint density at radius 3 is 2.28 bits per heavy atom. The van der Waals surface area contributed by atoms with Crippen molar-refractivity contribution < 1.29 is 19.0 Å². The lowest BCUT2D eigenvalue weighted by Gasteiger charge is -2.14. The molecule has 0 aliphatic rings. The number of carbonyl (C=O) groups excluding carboxylic acids is 1. The normalized spacial score (nSPS) is 10.4. The molecule has 5 nitrogen and oxygen atoms in total. The van der Waals surface area contributed by atoms with Crippen molar-refractivity contribution in [2.24, 2.45) is 0 Å².